The maximum absolute atomic E-state index is 12.0. The molecule has 0 spiro atoms. The molecule has 6 nitrogen and oxygen atoms in total. The maximum atomic E-state index is 12.0. The predicted molar refractivity (Wildman–Crippen MR) is 64.2 cm³/mol. The molecule has 2 fully saturated rings. The van der Waals surface area contributed by atoms with E-state index in [0.29, 0.717) is 5.56 Å². The molecular formula is C13H15NO5. The third kappa shape index (κ3) is 2.23. The Morgan fingerprint density at radius 2 is 2.11 bits per heavy atom. The van der Waals surface area contributed by atoms with E-state index < -0.39 is 36.6 Å². The number of carbonyl (C=O) groups excluding carboxylic acids is 1. The maximum Gasteiger partial charge on any atom is 0.338 e. The van der Waals surface area contributed by atoms with E-state index in [4.69, 9.17) is 19.9 Å². The Bertz CT molecular complexity index is 465. The number of aliphatic hydroxyl groups is 1. The Morgan fingerprint density at radius 1 is 1.37 bits per heavy atom. The topological polar surface area (TPSA) is 91.0 Å². The summed E-state index contributed by atoms with van der Waals surface area (Å²) in [6.45, 7) is 0.266. The van der Waals surface area contributed by atoms with E-state index in [1.54, 1.807) is 24.3 Å². The summed E-state index contributed by atoms with van der Waals surface area (Å²) < 4.78 is 16.0. The van der Waals surface area contributed by atoms with Crippen molar-refractivity contribution in [2.45, 2.75) is 30.6 Å². The lowest BCUT2D eigenvalue weighted by atomic mass is 9.99. The van der Waals surface area contributed by atoms with Gasteiger partial charge in [-0.3, -0.25) is 0 Å². The van der Waals surface area contributed by atoms with Gasteiger partial charge in [-0.15, -0.1) is 0 Å². The average Bonchev–Trinajstić information content (AvgIpc) is 2.89. The number of fused-ring (bicyclic) bond motifs is 2. The van der Waals surface area contributed by atoms with Gasteiger partial charge in [0, 0.05) is 0 Å². The molecule has 0 aliphatic carbocycles. The molecule has 5 atom stereocenters. The molecule has 0 amide bonds. The molecule has 1 aromatic rings. The van der Waals surface area contributed by atoms with Gasteiger partial charge >= 0.3 is 5.97 Å². The highest BCUT2D eigenvalue weighted by Gasteiger charge is 2.50. The van der Waals surface area contributed by atoms with Gasteiger partial charge in [-0.05, 0) is 12.1 Å². The number of rotatable bonds is 2. The van der Waals surface area contributed by atoms with Gasteiger partial charge in [0.2, 0.25) is 0 Å². The van der Waals surface area contributed by atoms with Crippen molar-refractivity contribution < 1.29 is 24.1 Å². The number of esters is 1. The first-order valence-corrected chi connectivity index (χ1v) is 6.13. The van der Waals surface area contributed by atoms with Crippen LogP contribution in [-0.2, 0) is 14.2 Å². The number of hydrogen-bond acceptors (Lipinski definition) is 6. The van der Waals surface area contributed by atoms with Gasteiger partial charge in [0.25, 0.3) is 0 Å². The fourth-order valence-electron chi connectivity index (χ4n) is 2.34. The molecular weight excluding hydrogens is 250 g/mol. The van der Waals surface area contributed by atoms with Crippen molar-refractivity contribution in [2.24, 2.45) is 5.73 Å². The normalized spacial score (nSPS) is 37.1. The van der Waals surface area contributed by atoms with Gasteiger partial charge in [0.1, 0.15) is 18.3 Å². The molecule has 2 bridgehead atoms. The third-order valence-electron chi connectivity index (χ3n) is 3.41. The first kappa shape index (κ1) is 12.6. The van der Waals surface area contributed by atoms with Crippen molar-refractivity contribution in [1.82, 2.24) is 0 Å². The fraction of sp³-hybridized carbons (Fsp3) is 0.462. The van der Waals surface area contributed by atoms with Crippen LogP contribution in [0.5, 0.6) is 0 Å². The Balaban J connectivity index is 1.74. The van der Waals surface area contributed by atoms with Gasteiger partial charge in [0.05, 0.1) is 18.2 Å². The van der Waals surface area contributed by atoms with Crippen LogP contribution in [-0.4, -0.2) is 48.3 Å². The lowest BCUT2D eigenvalue weighted by Gasteiger charge is -2.35. The predicted octanol–water partition coefficient (Wildman–Crippen LogP) is -0.345. The molecule has 0 saturated carbocycles. The van der Waals surface area contributed by atoms with Crippen LogP contribution in [0.15, 0.2) is 30.3 Å². The standard InChI is InChI=1S/C13H15NO5/c14-9-10(15)13-17-6-8(18-13)11(9)19-12(16)7-4-2-1-3-5-7/h1-5,8-11,13,15H,6,14H2/t8-,9+,10-,11+,13-/m1/s1. The zero-order valence-corrected chi connectivity index (χ0v) is 10.1. The van der Waals surface area contributed by atoms with Crippen LogP contribution in [0.4, 0.5) is 0 Å². The smallest absolute Gasteiger partial charge is 0.338 e. The van der Waals surface area contributed by atoms with E-state index in [2.05, 4.69) is 0 Å². The summed E-state index contributed by atoms with van der Waals surface area (Å²) in [4.78, 5) is 12.0. The van der Waals surface area contributed by atoms with E-state index in [0.717, 1.165) is 0 Å². The van der Waals surface area contributed by atoms with Gasteiger partial charge in [-0.2, -0.15) is 0 Å². The molecule has 0 aromatic heterocycles. The van der Waals surface area contributed by atoms with Crippen LogP contribution in [0, 0.1) is 0 Å². The number of aliphatic hydroxyl groups excluding tert-OH is 1. The van der Waals surface area contributed by atoms with Crippen LogP contribution >= 0.6 is 0 Å². The minimum Gasteiger partial charge on any atom is -0.454 e. The minimum atomic E-state index is -0.993. The third-order valence-corrected chi connectivity index (χ3v) is 3.41. The zero-order chi connectivity index (χ0) is 13.4. The largest absolute Gasteiger partial charge is 0.454 e. The summed E-state index contributed by atoms with van der Waals surface area (Å²) in [6.07, 6.45) is -2.84. The Labute approximate surface area is 110 Å². The molecule has 102 valence electrons. The molecule has 0 unspecified atom stereocenters. The zero-order valence-electron chi connectivity index (χ0n) is 10.1. The van der Waals surface area contributed by atoms with E-state index in [-0.39, 0.29) is 6.61 Å². The van der Waals surface area contributed by atoms with Gasteiger partial charge in [-0.25, -0.2) is 4.79 Å². The average molecular weight is 265 g/mol. The van der Waals surface area contributed by atoms with Gasteiger partial charge in [0.15, 0.2) is 6.29 Å². The number of benzene rings is 1. The highest BCUT2D eigenvalue weighted by atomic mass is 16.7. The summed E-state index contributed by atoms with van der Waals surface area (Å²) >= 11 is 0. The van der Waals surface area contributed by atoms with Crippen molar-refractivity contribution in [3.8, 4) is 0 Å². The first-order valence-electron chi connectivity index (χ1n) is 6.13. The summed E-state index contributed by atoms with van der Waals surface area (Å²) in [6, 6.07) is 7.91. The molecule has 3 rings (SSSR count). The number of ether oxygens (including phenoxy) is 3. The monoisotopic (exact) mass is 265 g/mol. The van der Waals surface area contributed by atoms with E-state index in [1.807, 2.05) is 6.07 Å². The SMILES string of the molecule is N[C@H]1[C@@H](O)[C@@H]2OC[C@@H](O2)[C@@H]1OC(=O)c1ccccc1. The molecule has 2 heterocycles. The highest BCUT2D eigenvalue weighted by molar-refractivity contribution is 5.89. The lowest BCUT2D eigenvalue weighted by molar-refractivity contribution is -0.190. The van der Waals surface area contributed by atoms with Crippen LogP contribution < -0.4 is 5.73 Å². The lowest BCUT2D eigenvalue weighted by Crippen LogP contribution is -2.59. The van der Waals surface area contributed by atoms with Crippen molar-refractivity contribution in [1.29, 1.82) is 0 Å². The van der Waals surface area contributed by atoms with Crippen LogP contribution in [0.3, 0.4) is 0 Å². The minimum absolute atomic E-state index is 0.266. The first-order chi connectivity index (χ1) is 9.16. The second kappa shape index (κ2) is 4.90. The summed E-state index contributed by atoms with van der Waals surface area (Å²) in [7, 11) is 0. The summed E-state index contributed by atoms with van der Waals surface area (Å²) in [5.41, 5.74) is 6.32. The van der Waals surface area contributed by atoms with Crippen LogP contribution in [0.25, 0.3) is 0 Å². The molecule has 3 N–H and O–H groups in total. The highest BCUT2D eigenvalue weighted by Crippen LogP contribution is 2.29. The second-order valence-corrected chi connectivity index (χ2v) is 4.68. The summed E-state index contributed by atoms with van der Waals surface area (Å²) in [5, 5.41) is 9.85. The van der Waals surface area contributed by atoms with Crippen molar-refractivity contribution >= 4 is 5.97 Å². The molecule has 2 aliphatic rings. The van der Waals surface area contributed by atoms with Gasteiger partial charge in [-0.1, -0.05) is 18.2 Å². The summed E-state index contributed by atoms with van der Waals surface area (Å²) in [5.74, 6) is -0.484. The molecule has 2 saturated heterocycles. The van der Waals surface area contributed by atoms with Crippen LogP contribution in [0.2, 0.25) is 0 Å². The van der Waals surface area contributed by atoms with E-state index in [1.165, 1.54) is 0 Å². The molecule has 6 heteroatoms. The van der Waals surface area contributed by atoms with Crippen molar-refractivity contribution in [3.63, 3.8) is 0 Å². The Morgan fingerprint density at radius 3 is 2.84 bits per heavy atom. The quantitative estimate of drug-likeness (QED) is 0.711. The molecule has 2 aliphatic heterocycles. The van der Waals surface area contributed by atoms with Crippen LogP contribution in [0.1, 0.15) is 10.4 Å². The molecule has 19 heavy (non-hydrogen) atoms. The molecule has 1 aromatic carbocycles. The number of carbonyl (C=O) groups is 1. The van der Waals surface area contributed by atoms with E-state index >= 15 is 0 Å². The Kier molecular flexibility index (Phi) is 3.24. The van der Waals surface area contributed by atoms with Crippen molar-refractivity contribution in [3.05, 3.63) is 35.9 Å². The fourth-order valence-corrected chi connectivity index (χ4v) is 2.34. The Hall–Kier alpha value is -1.47. The number of nitrogens with two attached hydrogens (primary N) is 1. The van der Waals surface area contributed by atoms with Crippen molar-refractivity contribution in [2.75, 3.05) is 6.61 Å². The van der Waals surface area contributed by atoms with Gasteiger partial charge < -0.3 is 25.1 Å². The van der Waals surface area contributed by atoms with E-state index in [9.17, 15) is 9.90 Å². The molecule has 0 radical (unpaired) electrons. The number of hydrogen-bond donors (Lipinski definition) is 2. The second-order valence-electron chi connectivity index (χ2n) is 4.68.